The lowest BCUT2D eigenvalue weighted by Gasteiger charge is -2.37. The van der Waals surface area contributed by atoms with Crippen molar-refractivity contribution >= 4 is 29.1 Å². The Labute approximate surface area is 240 Å². The summed E-state index contributed by atoms with van der Waals surface area (Å²) in [6.07, 6.45) is 4.90. The SMILES string of the molecule is CC(C)Cc1ccc(C(=O)C2C(c3ccccc3)C3(C(=O)c4ccccc4C3=O)C3C=Cc4ccccc4N23)cc1. The predicted molar refractivity (Wildman–Crippen MR) is 162 cm³/mol. The van der Waals surface area contributed by atoms with Gasteiger partial charge in [0.2, 0.25) is 0 Å². The van der Waals surface area contributed by atoms with Gasteiger partial charge < -0.3 is 4.90 Å². The summed E-state index contributed by atoms with van der Waals surface area (Å²) in [5.41, 5.74) is 3.83. The van der Waals surface area contributed by atoms with E-state index in [2.05, 4.69) is 18.7 Å². The van der Waals surface area contributed by atoms with Gasteiger partial charge in [0.25, 0.3) is 0 Å². The molecule has 1 fully saturated rings. The van der Waals surface area contributed by atoms with Crippen molar-refractivity contribution in [3.8, 4) is 0 Å². The Balaban J connectivity index is 1.47. The zero-order valence-electron chi connectivity index (χ0n) is 23.2. The number of para-hydroxylation sites is 1. The van der Waals surface area contributed by atoms with E-state index in [1.165, 1.54) is 5.56 Å². The Morgan fingerprint density at radius 1 is 0.780 bits per heavy atom. The number of carbonyl (C=O) groups is 3. The smallest absolute Gasteiger partial charge is 0.185 e. The Bertz CT molecular complexity index is 1680. The van der Waals surface area contributed by atoms with E-state index in [1.54, 1.807) is 24.3 Å². The summed E-state index contributed by atoms with van der Waals surface area (Å²) < 4.78 is 0. The fourth-order valence-corrected chi connectivity index (χ4v) is 7.40. The predicted octanol–water partition coefficient (Wildman–Crippen LogP) is 7.20. The Morgan fingerprint density at radius 2 is 1.39 bits per heavy atom. The van der Waals surface area contributed by atoms with E-state index < -0.39 is 23.4 Å². The molecule has 3 unspecified atom stereocenters. The van der Waals surface area contributed by atoms with Crippen molar-refractivity contribution in [2.24, 2.45) is 11.3 Å². The first-order chi connectivity index (χ1) is 19.9. The summed E-state index contributed by atoms with van der Waals surface area (Å²) in [6, 6.07) is 31.2. The molecule has 41 heavy (non-hydrogen) atoms. The van der Waals surface area contributed by atoms with Crippen molar-refractivity contribution in [2.75, 3.05) is 4.90 Å². The van der Waals surface area contributed by atoms with Gasteiger partial charge in [0.1, 0.15) is 11.5 Å². The van der Waals surface area contributed by atoms with Crippen molar-refractivity contribution < 1.29 is 14.4 Å². The second kappa shape index (κ2) is 9.52. The summed E-state index contributed by atoms with van der Waals surface area (Å²) in [4.78, 5) is 46.1. The molecule has 0 amide bonds. The number of anilines is 1. The van der Waals surface area contributed by atoms with Crippen molar-refractivity contribution in [1.82, 2.24) is 0 Å². The normalized spacial score (nSPS) is 21.7. The first-order valence-corrected chi connectivity index (χ1v) is 14.3. The van der Waals surface area contributed by atoms with Crippen LogP contribution in [0.3, 0.4) is 0 Å². The summed E-state index contributed by atoms with van der Waals surface area (Å²) in [6.45, 7) is 4.35. The van der Waals surface area contributed by atoms with Crippen molar-refractivity contribution in [2.45, 2.75) is 38.3 Å². The van der Waals surface area contributed by atoms with Crippen LogP contribution in [0.15, 0.2) is 109 Å². The van der Waals surface area contributed by atoms with Crippen LogP contribution >= 0.6 is 0 Å². The molecule has 0 aromatic heterocycles. The first-order valence-electron chi connectivity index (χ1n) is 14.3. The van der Waals surface area contributed by atoms with Gasteiger partial charge in [-0.3, -0.25) is 14.4 Å². The molecular formula is C37H31NO3. The molecule has 1 aliphatic carbocycles. The first kappa shape index (κ1) is 25.4. The molecule has 4 heteroatoms. The molecule has 3 aliphatic rings. The fourth-order valence-electron chi connectivity index (χ4n) is 7.40. The van der Waals surface area contributed by atoms with Crippen LogP contribution in [-0.2, 0) is 6.42 Å². The number of hydrogen-bond donors (Lipinski definition) is 0. The summed E-state index contributed by atoms with van der Waals surface area (Å²) >= 11 is 0. The number of fused-ring (bicyclic) bond motifs is 5. The van der Waals surface area contributed by atoms with E-state index in [4.69, 9.17) is 0 Å². The maximum absolute atomic E-state index is 14.8. The van der Waals surface area contributed by atoms with E-state index in [0.29, 0.717) is 22.6 Å². The molecule has 4 nitrogen and oxygen atoms in total. The number of carbonyl (C=O) groups excluding carboxylic acids is 3. The number of rotatable bonds is 5. The Hall–Kier alpha value is -4.57. The summed E-state index contributed by atoms with van der Waals surface area (Å²) in [5, 5.41) is 0. The number of hydrogen-bond acceptors (Lipinski definition) is 4. The highest BCUT2D eigenvalue weighted by Crippen LogP contribution is 2.60. The van der Waals surface area contributed by atoms with E-state index >= 15 is 0 Å². The van der Waals surface area contributed by atoms with E-state index in [1.807, 2.05) is 91.0 Å². The largest absolute Gasteiger partial charge is 0.352 e. The van der Waals surface area contributed by atoms with Crippen LogP contribution in [0, 0.1) is 11.3 Å². The third kappa shape index (κ3) is 3.63. The molecule has 4 aromatic rings. The van der Waals surface area contributed by atoms with Gasteiger partial charge in [0.15, 0.2) is 17.3 Å². The number of ketones is 3. The third-order valence-corrected chi connectivity index (χ3v) is 9.02. The molecule has 4 aromatic carbocycles. The lowest BCUT2D eigenvalue weighted by molar-refractivity contribution is 0.0666. The van der Waals surface area contributed by atoms with Crippen LogP contribution in [-0.4, -0.2) is 29.4 Å². The van der Waals surface area contributed by atoms with Crippen molar-refractivity contribution in [1.29, 1.82) is 0 Å². The Morgan fingerprint density at radius 3 is 2.05 bits per heavy atom. The molecular weight excluding hydrogens is 506 g/mol. The van der Waals surface area contributed by atoms with Crippen LogP contribution in [0.5, 0.6) is 0 Å². The van der Waals surface area contributed by atoms with Crippen molar-refractivity contribution in [3.63, 3.8) is 0 Å². The van der Waals surface area contributed by atoms with Gasteiger partial charge in [-0.2, -0.15) is 0 Å². The molecule has 0 saturated carbocycles. The average Bonchev–Trinajstić information content (AvgIpc) is 3.43. The topological polar surface area (TPSA) is 54.5 Å². The highest BCUT2D eigenvalue weighted by Gasteiger charge is 2.71. The molecule has 7 rings (SSSR count). The van der Waals surface area contributed by atoms with Crippen molar-refractivity contribution in [3.05, 3.63) is 143 Å². The number of nitrogens with zero attached hydrogens (tertiary/aromatic N) is 1. The standard InChI is InChI=1S/C37H31NO3/c1-23(2)22-24-16-18-27(19-17-24)34(39)33-32(26-11-4-3-5-12-26)37(35(40)28-13-7-8-14-29(28)36(37)41)31-21-20-25-10-6-9-15-30(25)38(31)33/h3-21,23,31-33H,22H2,1-2H3. The highest BCUT2D eigenvalue weighted by molar-refractivity contribution is 6.32. The molecule has 0 bridgehead atoms. The molecule has 202 valence electrons. The van der Waals surface area contributed by atoms with E-state index in [-0.39, 0.29) is 17.3 Å². The molecule has 3 atom stereocenters. The maximum Gasteiger partial charge on any atom is 0.185 e. The van der Waals surface area contributed by atoms with Crippen LogP contribution in [0.25, 0.3) is 6.08 Å². The molecule has 2 heterocycles. The lowest BCUT2D eigenvalue weighted by atomic mass is 9.64. The molecule has 1 spiro atoms. The second-order valence-electron chi connectivity index (χ2n) is 11.8. The Kier molecular flexibility index (Phi) is 5.90. The fraction of sp³-hybridized carbons (Fsp3) is 0.216. The average molecular weight is 538 g/mol. The number of benzene rings is 4. The van der Waals surface area contributed by atoms with Crippen LogP contribution in [0.2, 0.25) is 0 Å². The molecule has 2 aliphatic heterocycles. The minimum absolute atomic E-state index is 0.0847. The minimum atomic E-state index is -1.47. The maximum atomic E-state index is 14.8. The minimum Gasteiger partial charge on any atom is -0.352 e. The van der Waals surface area contributed by atoms with Gasteiger partial charge in [0.05, 0.1) is 6.04 Å². The second-order valence-corrected chi connectivity index (χ2v) is 11.8. The van der Waals surface area contributed by atoms with Gasteiger partial charge in [-0.25, -0.2) is 0 Å². The monoisotopic (exact) mass is 537 g/mol. The lowest BCUT2D eigenvalue weighted by Crippen LogP contribution is -2.48. The quantitative estimate of drug-likeness (QED) is 0.200. The zero-order chi connectivity index (χ0) is 28.3. The molecule has 1 saturated heterocycles. The summed E-state index contributed by atoms with van der Waals surface area (Å²) in [5.74, 6) is -0.660. The van der Waals surface area contributed by atoms with Crippen LogP contribution in [0.4, 0.5) is 5.69 Å². The van der Waals surface area contributed by atoms with E-state index in [0.717, 1.165) is 23.2 Å². The van der Waals surface area contributed by atoms with E-state index in [9.17, 15) is 14.4 Å². The van der Waals surface area contributed by atoms with Gasteiger partial charge >= 0.3 is 0 Å². The van der Waals surface area contributed by atoms with Crippen LogP contribution in [0.1, 0.15) is 67.5 Å². The summed E-state index contributed by atoms with van der Waals surface area (Å²) in [7, 11) is 0. The zero-order valence-corrected chi connectivity index (χ0v) is 23.2. The van der Waals surface area contributed by atoms with Gasteiger partial charge in [0, 0.05) is 28.3 Å². The number of Topliss-reactive ketones (excluding diaryl/α,β-unsaturated/α-hetero) is 3. The van der Waals surface area contributed by atoms with Gasteiger partial charge in [-0.05, 0) is 35.1 Å². The van der Waals surface area contributed by atoms with Crippen LogP contribution < -0.4 is 4.90 Å². The molecule has 0 radical (unpaired) electrons. The molecule has 0 N–H and O–H groups in total. The third-order valence-electron chi connectivity index (χ3n) is 9.02. The van der Waals surface area contributed by atoms with Gasteiger partial charge in [-0.1, -0.05) is 123 Å². The highest BCUT2D eigenvalue weighted by atomic mass is 16.2. The van der Waals surface area contributed by atoms with Gasteiger partial charge in [-0.15, -0.1) is 0 Å².